The van der Waals surface area contributed by atoms with E-state index in [0.717, 1.165) is 28.0 Å². The number of ether oxygens (including phenoxy) is 2. The Labute approximate surface area is 210 Å². The number of carbonyl (C=O) groups excluding carboxylic acids is 2. The standard InChI is InChI=1S/C27H30N4O5/c1-18-13-20(15-28-17-29-16-23(18)21-7-5-6-8-25(21)35-3)19-9-10-24(30-27(34)36-4)22(14-19)26(33)31(2)11-12-32/h5-10,13-17,32H,11-12H2,1-4H3,(H,28,29)(H,30,34). The van der Waals surface area contributed by atoms with Crippen molar-refractivity contribution in [1.29, 1.82) is 0 Å². The molecule has 0 aliphatic carbocycles. The first-order chi connectivity index (χ1) is 17.4. The number of aliphatic hydroxyl groups is 1. The van der Waals surface area contributed by atoms with Crippen LogP contribution in [-0.4, -0.2) is 66.4 Å². The van der Waals surface area contributed by atoms with Crippen molar-refractivity contribution in [2.45, 2.75) is 6.92 Å². The van der Waals surface area contributed by atoms with Gasteiger partial charge in [-0.2, -0.15) is 0 Å². The summed E-state index contributed by atoms with van der Waals surface area (Å²) in [5, 5.41) is 11.9. The average molecular weight is 491 g/mol. The molecule has 9 nitrogen and oxygen atoms in total. The maximum atomic E-state index is 13.1. The van der Waals surface area contributed by atoms with E-state index in [9.17, 15) is 14.7 Å². The number of carbonyl (C=O) groups is 2. The van der Waals surface area contributed by atoms with E-state index in [4.69, 9.17) is 9.47 Å². The monoisotopic (exact) mass is 490 g/mol. The van der Waals surface area contributed by atoms with E-state index in [0.29, 0.717) is 11.3 Å². The average Bonchev–Trinajstić information content (AvgIpc) is 2.98. The van der Waals surface area contributed by atoms with Crippen LogP contribution in [0.15, 0.2) is 67.3 Å². The molecule has 9 heteroatoms. The quantitative estimate of drug-likeness (QED) is 0.451. The number of benzene rings is 2. The second-order valence-electron chi connectivity index (χ2n) is 7.94. The summed E-state index contributed by atoms with van der Waals surface area (Å²) >= 11 is 0. The first kappa shape index (κ1) is 26.2. The molecule has 1 aromatic heterocycles. The van der Waals surface area contributed by atoms with E-state index in [1.165, 1.54) is 12.0 Å². The first-order valence-electron chi connectivity index (χ1n) is 11.3. The molecule has 0 aliphatic rings. The Morgan fingerprint density at radius 3 is 2.58 bits per heavy atom. The van der Waals surface area contributed by atoms with Gasteiger partial charge in [-0.25, -0.2) is 9.78 Å². The molecule has 2 amide bonds. The normalized spacial score (nSPS) is 10.2. The molecule has 188 valence electrons. The molecule has 0 atom stereocenters. The predicted octanol–water partition coefficient (Wildman–Crippen LogP) is 4.43. The highest BCUT2D eigenvalue weighted by molar-refractivity contribution is 6.03. The van der Waals surface area contributed by atoms with Crippen LogP contribution in [-0.2, 0) is 4.74 Å². The maximum Gasteiger partial charge on any atom is 0.411 e. The van der Waals surface area contributed by atoms with Crippen molar-refractivity contribution in [2.24, 2.45) is 0 Å². The molecular formula is C27H30N4O5. The molecule has 36 heavy (non-hydrogen) atoms. The summed E-state index contributed by atoms with van der Waals surface area (Å²) < 4.78 is 10.2. The zero-order chi connectivity index (χ0) is 26.1. The molecule has 0 spiro atoms. The van der Waals surface area contributed by atoms with E-state index < -0.39 is 6.09 Å². The van der Waals surface area contributed by atoms with Crippen molar-refractivity contribution in [3.63, 3.8) is 0 Å². The van der Waals surface area contributed by atoms with Gasteiger partial charge in [-0.3, -0.25) is 10.1 Å². The number of hydrogen-bond donors (Lipinski definition) is 3. The number of aliphatic hydroxyl groups excluding tert-OH is 1. The summed E-state index contributed by atoms with van der Waals surface area (Å²) in [5.74, 6) is 0.375. The predicted molar refractivity (Wildman–Crippen MR) is 138 cm³/mol. The van der Waals surface area contributed by atoms with Crippen LogP contribution in [0.3, 0.4) is 0 Å². The number of methoxy groups -OCH3 is 2. The van der Waals surface area contributed by atoms with Crippen LogP contribution in [0.2, 0.25) is 0 Å². The van der Waals surface area contributed by atoms with Crippen molar-refractivity contribution in [3.8, 4) is 28.0 Å². The fourth-order valence-corrected chi connectivity index (χ4v) is 3.69. The van der Waals surface area contributed by atoms with E-state index in [1.54, 1.807) is 44.9 Å². The van der Waals surface area contributed by atoms with Gasteiger partial charge in [-0.15, -0.1) is 0 Å². The Morgan fingerprint density at radius 1 is 1.08 bits per heavy atom. The number of aryl methyl sites for hydroxylation is 1. The van der Waals surface area contributed by atoms with Crippen LogP contribution >= 0.6 is 0 Å². The van der Waals surface area contributed by atoms with E-state index >= 15 is 0 Å². The summed E-state index contributed by atoms with van der Waals surface area (Å²) in [6.45, 7) is 1.94. The lowest BCUT2D eigenvalue weighted by molar-refractivity contribution is 0.0768. The zero-order valence-electron chi connectivity index (χ0n) is 20.7. The van der Waals surface area contributed by atoms with Gasteiger partial charge in [-0.05, 0) is 42.3 Å². The first-order valence-corrected chi connectivity index (χ1v) is 11.3. The minimum Gasteiger partial charge on any atom is -0.496 e. The van der Waals surface area contributed by atoms with Crippen molar-refractivity contribution in [1.82, 2.24) is 14.9 Å². The third-order valence-corrected chi connectivity index (χ3v) is 5.57. The lowest BCUT2D eigenvalue weighted by Crippen LogP contribution is -2.30. The molecule has 1 heterocycles. The van der Waals surface area contributed by atoms with Gasteiger partial charge < -0.3 is 24.5 Å². The van der Waals surface area contributed by atoms with Gasteiger partial charge in [0.15, 0.2) is 0 Å². The maximum absolute atomic E-state index is 13.1. The second kappa shape index (κ2) is 12.4. The number of nitrogens with one attached hydrogen (secondary N) is 2. The van der Waals surface area contributed by atoms with E-state index in [-0.39, 0.29) is 24.6 Å². The molecule has 2 aromatic carbocycles. The molecule has 0 aliphatic heterocycles. The fourth-order valence-electron chi connectivity index (χ4n) is 3.69. The summed E-state index contributed by atoms with van der Waals surface area (Å²) in [5.41, 5.74) is 4.77. The largest absolute Gasteiger partial charge is 0.496 e. The Morgan fingerprint density at radius 2 is 1.86 bits per heavy atom. The molecule has 3 aromatic rings. The lowest BCUT2D eigenvalue weighted by Gasteiger charge is -2.19. The second-order valence-corrected chi connectivity index (χ2v) is 7.94. The molecule has 0 saturated carbocycles. The summed E-state index contributed by atoms with van der Waals surface area (Å²) in [7, 11) is 4.46. The highest BCUT2D eigenvalue weighted by Crippen LogP contribution is 2.32. The lowest BCUT2D eigenvalue weighted by atomic mass is 9.98. The van der Waals surface area contributed by atoms with Gasteiger partial charge in [0.05, 0.1) is 38.4 Å². The third kappa shape index (κ3) is 6.19. The van der Waals surface area contributed by atoms with Crippen molar-refractivity contribution in [3.05, 3.63) is 78.4 Å². The van der Waals surface area contributed by atoms with E-state index in [1.807, 2.05) is 43.5 Å². The van der Waals surface area contributed by atoms with Gasteiger partial charge in [0, 0.05) is 42.7 Å². The molecular weight excluding hydrogens is 460 g/mol. The number of anilines is 1. The molecule has 0 fully saturated rings. The van der Waals surface area contributed by atoms with Crippen LogP contribution < -0.4 is 10.1 Å². The number of nitrogens with zero attached hydrogens (tertiary/aromatic N) is 2. The van der Waals surface area contributed by atoms with Crippen LogP contribution in [0.5, 0.6) is 5.75 Å². The van der Waals surface area contributed by atoms with Crippen LogP contribution in [0.4, 0.5) is 10.5 Å². The van der Waals surface area contributed by atoms with Gasteiger partial charge in [0.25, 0.3) is 5.91 Å². The highest BCUT2D eigenvalue weighted by Gasteiger charge is 2.19. The minimum absolute atomic E-state index is 0.144. The Hall–Kier alpha value is -4.37. The Balaban J connectivity index is 2.18. The topological polar surface area (TPSA) is 117 Å². The molecule has 3 N–H and O–H groups in total. The van der Waals surface area contributed by atoms with Crippen LogP contribution in [0.25, 0.3) is 22.3 Å². The number of likely N-dealkylation sites (N-methyl/N-ethyl adjacent to an activating group) is 1. The van der Waals surface area contributed by atoms with Gasteiger partial charge in [0.2, 0.25) is 0 Å². The van der Waals surface area contributed by atoms with Crippen molar-refractivity contribution >= 4 is 17.7 Å². The number of H-pyrrole nitrogens is 1. The van der Waals surface area contributed by atoms with Gasteiger partial charge in [-0.1, -0.05) is 24.3 Å². The summed E-state index contributed by atoms with van der Waals surface area (Å²) in [6, 6.07) is 14.8. The highest BCUT2D eigenvalue weighted by atomic mass is 16.5. The summed E-state index contributed by atoms with van der Waals surface area (Å²) in [6.07, 6.45) is 4.41. The molecule has 0 radical (unpaired) electrons. The van der Waals surface area contributed by atoms with Crippen molar-refractivity contribution < 1.29 is 24.2 Å². The van der Waals surface area contributed by atoms with E-state index in [2.05, 4.69) is 15.3 Å². The van der Waals surface area contributed by atoms with Crippen LogP contribution in [0.1, 0.15) is 15.9 Å². The number of aromatic amines is 1. The smallest absolute Gasteiger partial charge is 0.411 e. The number of rotatable bonds is 7. The fraction of sp³-hybridized carbons (Fsp3) is 0.222. The Bertz CT molecular complexity index is 1290. The molecule has 3 rings (SSSR count). The third-order valence-electron chi connectivity index (χ3n) is 5.57. The SMILES string of the molecule is COC(=O)Nc1ccc(-c2cnc[nH]cc(-c3ccccc3OC)c(C)c2)cc1C(=O)N(C)CCO. The minimum atomic E-state index is -0.693. The molecule has 0 saturated heterocycles. The number of aromatic nitrogens is 2. The Kier molecular flexibility index (Phi) is 9.01. The van der Waals surface area contributed by atoms with Crippen molar-refractivity contribution in [2.75, 3.05) is 39.7 Å². The number of amides is 2. The van der Waals surface area contributed by atoms with Crippen LogP contribution in [0, 0.1) is 6.92 Å². The zero-order valence-corrected chi connectivity index (χ0v) is 20.7. The van der Waals surface area contributed by atoms with Gasteiger partial charge in [0.1, 0.15) is 5.75 Å². The molecule has 0 unspecified atom stereocenters. The number of hydrogen-bond acceptors (Lipinski definition) is 6. The number of para-hydroxylation sites is 1. The summed E-state index contributed by atoms with van der Waals surface area (Å²) in [4.78, 5) is 33.8. The van der Waals surface area contributed by atoms with Gasteiger partial charge >= 0.3 is 6.09 Å². The molecule has 0 bridgehead atoms.